The van der Waals surface area contributed by atoms with Gasteiger partial charge in [0.1, 0.15) is 11.7 Å². The van der Waals surface area contributed by atoms with Crippen molar-refractivity contribution in [2.75, 3.05) is 33.3 Å². The van der Waals surface area contributed by atoms with E-state index >= 15 is 0 Å². The van der Waals surface area contributed by atoms with E-state index in [2.05, 4.69) is 32.1 Å². The van der Waals surface area contributed by atoms with E-state index in [-0.39, 0.29) is 59.4 Å². The number of likely N-dealkylation sites (tertiary alicyclic amines) is 1. The molecule has 0 saturated carbocycles. The molecule has 0 bridgehead atoms. The minimum absolute atomic E-state index is 0.00948. The maximum atomic E-state index is 13.5. The molecule has 0 aliphatic carbocycles. The number of methoxy groups -OCH3 is 1. The van der Waals surface area contributed by atoms with Gasteiger partial charge in [-0.05, 0) is 38.5 Å². The predicted octanol–water partition coefficient (Wildman–Crippen LogP) is 0.270. The third kappa shape index (κ3) is 6.55. The van der Waals surface area contributed by atoms with Crippen molar-refractivity contribution in [3.8, 4) is 0 Å². The lowest BCUT2D eigenvalue weighted by Crippen LogP contribution is -2.63. The van der Waals surface area contributed by atoms with Crippen molar-refractivity contribution in [3.05, 3.63) is 0 Å². The molecule has 5 aliphatic heterocycles. The summed E-state index contributed by atoms with van der Waals surface area (Å²) in [6.07, 6.45) is -3.79. The van der Waals surface area contributed by atoms with Crippen LogP contribution in [-0.4, -0.2) is 104 Å². The summed E-state index contributed by atoms with van der Waals surface area (Å²) >= 11 is 1.57. The molecular formula is C25H41F4N7O3S. The van der Waals surface area contributed by atoms with E-state index in [0.29, 0.717) is 38.9 Å². The molecule has 5 aliphatic rings. The van der Waals surface area contributed by atoms with Crippen LogP contribution in [0.5, 0.6) is 0 Å². The minimum Gasteiger partial charge on any atom is -0.365 e. The Balaban J connectivity index is 1.14. The topological polar surface area (TPSA) is 119 Å². The number of carbonyl (C=O) groups is 2. The van der Waals surface area contributed by atoms with E-state index in [1.54, 1.807) is 16.7 Å². The molecule has 11 atom stereocenters. The fourth-order valence-electron chi connectivity index (χ4n) is 6.96. The van der Waals surface area contributed by atoms with E-state index in [0.717, 1.165) is 0 Å². The number of amides is 2. The Morgan fingerprint density at radius 2 is 1.80 bits per heavy atom. The van der Waals surface area contributed by atoms with E-state index in [1.807, 2.05) is 6.92 Å². The number of fused-ring (bicyclic) bond motifs is 1. The van der Waals surface area contributed by atoms with E-state index in [1.165, 1.54) is 7.11 Å². The first-order chi connectivity index (χ1) is 19.1. The van der Waals surface area contributed by atoms with Crippen molar-refractivity contribution in [1.29, 1.82) is 0 Å². The maximum Gasteiger partial charge on any atom is 0.255 e. The summed E-state index contributed by atoms with van der Waals surface area (Å²) in [6.45, 7) is 3.65. The van der Waals surface area contributed by atoms with Gasteiger partial charge in [-0.3, -0.25) is 14.9 Å². The normalized spacial score (nSPS) is 42.3. The summed E-state index contributed by atoms with van der Waals surface area (Å²) in [6, 6.07) is -1.29. The average Bonchev–Trinajstić information content (AvgIpc) is 3.51. The number of hydrazine groups is 1. The molecule has 228 valence electrons. The van der Waals surface area contributed by atoms with Crippen LogP contribution < -0.4 is 32.1 Å². The molecule has 5 rings (SSSR count). The first-order valence-corrected chi connectivity index (χ1v) is 15.2. The molecule has 0 radical (unpaired) electrons. The van der Waals surface area contributed by atoms with Gasteiger partial charge < -0.3 is 25.6 Å². The number of thioether (sulfide) groups is 1. The molecule has 15 heteroatoms. The number of nitrogens with zero attached hydrogens (tertiary/aromatic N) is 1. The lowest BCUT2D eigenvalue weighted by atomic mass is 9.71. The molecule has 5 fully saturated rings. The van der Waals surface area contributed by atoms with Gasteiger partial charge in [-0.1, -0.05) is 0 Å². The van der Waals surface area contributed by atoms with E-state index < -0.39 is 43.0 Å². The number of rotatable bonds is 7. The second-order valence-electron chi connectivity index (χ2n) is 11.8. The third-order valence-electron chi connectivity index (χ3n) is 9.23. The average molecular weight is 596 g/mol. The smallest absolute Gasteiger partial charge is 0.255 e. The fourth-order valence-corrected chi connectivity index (χ4v) is 8.37. The molecule has 5 heterocycles. The molecular weight excluding hydrogens is 554 g/mol. The van der Waals surface area contributed by atoms with E-state index in [4.69, 9.17) is 4.74 Å². The number of hydrogen-bond acceptors (Lipinski definition) is 9. The molecule has 40 heavy (non-hydrogen) atoms. The molecule has 0 aromatic rings. The summed E-state index contributed by atoms with van der Waals surface area (Å²) in [7, 11) is 1.53. The summed E-state index contributed by atoms with van der Waals surface area (Å²) in [5, 5.41) is 13.0. The third-order valence-corrected chi connectivity index (χ3v) is 10.6. The van der Waals surface area contributed by atoms with Crippen LogP contribution >= 0.6 is 11.8 Å². The van der Waals surface area contributed by atoms with Gasteiger partial charge in [-0.25, -0.2) is 28.4 Å². The van der Waals surface area contributed by atoms with Crippen LogP contribution in [0.15, 0.2) is 0 Å². The van der Waals surface area contributed by atoms with Crippen LogP contribution in [0.25, 0.3) is 0 Å². The molecule has 0 spiro atoms. The van der Waals surface area contributed by atoms with Gasteiger partial charge in [-0.2, -0.15) is 0 Å². The highest BCUT2D eigenvalue weighted by Crippen LogP contribution is 2.38. The van der Waals surface area contributed by atoms with Gasteiger partial charge in [0.2, 0.25) is 18.2 Å². The van der Waals surface area contributed by atoms with Crippen LogP contribution in [0, 0.1) is 23.7 Å². The Hall–Kier alpha value is -1.23. The Morgan fingerprint density at radius 3 is 2.45 bits per heavy atom. The maximum absolute atomic E-state index is 13.5. The Kier molecular flexibility index (Phi) is 9.80. The molecule has 0 aromatic heterocycles. The number of ether oxygens (including phenoxy) is 1. The van der Waals surface area contributed by atoms with E-state index in [9.17, 15) is 27.2 Å². The largest absolute Gasteiger partial charge is 0.365 e. The zero-order valence-corrected chi connectivity index (χ0v) is 23.6. The fraction of sp³-hybridized carbons (Fsp3) is 0.920. The minimum atomic E-state index is -2.53. The molecule has 6 N–H and O–H groups in total. The zero-order chi connectivity index (χ0) is 28.6. The summed E-state index contributed by atoms with van der Waals surface area (Å²) in [4.78, 5) is 28.3. The molecule has 0 aromatic carbocycles. The first kappa shape index (κ1) is 30.2. The highest BCUT2D eigenvalue weighted by Gasteiger charge is 2.48. The lowest BCUT2D eigenvalue weighted by molar-refractivity contribution is -0.134. The quantitative estimate of drug-likeness (QED) is 0.231. The summed E-state index contributed by atoms with van der Waals surface area (Å²) in [5.74, 6) is -1.72. The summed E-state index contributed by atoms with van der Waals surface area (Å²) < 4.78 is 58.5. The second kappa shape index (κ2) is 13.0. The summed E-state index contributed by atoms with van der Waals surface area (Å²) in [5.41, 5.74) is 5.20. The van der Waals surface area contributed by atoms with Crippen molar-refractivity contribution in [2.45, 2.75) is 86.6 Å². The number of hydrogen-bond donors (Lipinski definition) is 6. The second-order valence-corrected chi connectivity index (χ2v) is 13.2. The van der Waals surface area contributed by atoms with Gasteiger partial charge in [0.05, 0.1) is 18.0 Å². The van der Waals surface area contributed by atoms with Gasteiger partial charge in [0.25, 0.3) is 6.43 Å². The Labute approximate surface area is 236 Å². The van der Waals surface area contributed by atoms with Crippen molar-refractivity contribution >= 4 is 23.6 Å². The van der Waals surface area contributed by atoms with Crippen LogP contribution in [-0.2, 0) is 14.3 Å². The molecule has 11 unspecified atom stereocenters. The Bertz CT molecular complexity index is 888. The first-order valence-electron chi connectivity index (χ1n) is 14.2. The van der Waals surface area contributed by atoms with Crippen molar-refractivity contribution in [2.24, 2.45) is 23.7 Å². The van der Waals surface area contributed by atoms with Crippen LogP contribution in [0.2, 0.25) is 0 Å². The van der Waals surface area contributed by atoms with Crippen molar-refractivity contribution in [3.63, 3.8) is 0 Å². The highest BCUT2D eigenvalue weighted by atomic mass is 32.2. The molecule has 10 nitrogen and oxygen atoms in total. The van der Waals surface area contributed by atoms with Crippen LogP contribution in [0.4, 0.5) is 17.6 Å². The van der Waals surface area contributed by atoms with Crippen LogP contribution in [0.1, 0.15) is 32.6 Å². The molecule has 2 amide bonds. The highest BCUT2D eigenvalue weighted by molar-refractivity contribution is 8.00. The van der Waals surface area contributed by atoms with Crippen molar-refractivity contribution in [1.82, 2.24) is 37.0 Å². The SMILES string of the molecule is COC1NNC(C(F)F)CC1C1CC(C)NCC1C(=O)NC1NC2CN(C(=O)C3CCC(C(F)F)CN3)CC2S1. The number of nitrogens with one attached hydrogen (secondary N) is 6. The van der Waals surface area contributed by atoms with Crippen molar-refractivity contribution < 1.29 is 31.9 Å². The Morgan fingerprint density at radius 1 is 1.00 bits per heavy atom. The number of alkyl halides is 4. The predicted molar refractivity (Wildman–Crippen MR) is 141 cm³/mol. The zero-order valence-electron chi connectivity index (χ0n) is 22.8. The standard InChI is InChI=1S/C25H41F4N7O3S/c1-11-5-13(14-6-17(21(28)29)34-35-23(14)39-2)15(8-30-11)22(37)33-25-32-18-9-36(10-19(18)40-25)24(38)16-4-3-12(7-31-16)20(26)27/h11-21,23,25,30-32,34-35H,3-10H2,1-2H3,(H,33,37). The lowest BCUT2D eigenvalue weighted by Gasteiger charge is -2.46. The number of halogens is 4. The van der Waals surface area contributed by atoms with Gasteiger partial charge >= 0.3 is 0 Å². The number of piperidine rings is 2. The van der Waals surface area contributed by atoms with Gasteiger partial charge in [0.15, 0.2) is 0 Å². The molecule has 5 saturated heterocycles. The van der Waals surface area contributed by atoms with Gasteiger partial charge in [0, 0.05) is 62.5 Å². The number of carbonyl (C=O) groups excluding carboxylic acids is 2. The van der Waals surface area contributed by atoms with Gasteiger partial charge in [-0.15, -0.1) is 11.8 Å². The van der Waals surface area contributed by atoms with Crippen LogP contribution in [0.3, 0.4) is 0 Å². The monoisotopic (exact) mass is 595 g/mol.